The number of rotatable bonds is 6. The number of nitrogens with zero attached hydrogens (tertiary/aromatic N) is 5. The van der Waals surface area contributed by atoms with E-state index in [1.165, 1.54) is 24.3 Å². The number of aliphatic imine (C=N–C) groups is 1. The van der Waals surface area contributed by atoms with Gasteiger partial charge >= 0.3 is 10.1 Å². The van der Waals surface area contributed by atoms with E-state index in [2.05, 4.69) is 29.2 Å². The number of hydrazone groups is 2. The van der Waals surface area contributed by atoms with Crippen molar-refractivity contribution in [1.82, 2.24) is 10.5 Å². The molecule has 0 bridgehead atoms. The van der Waals surface area contributed by atoms with E-state index in [1.54, 1.807) is 29.4 Å². The summed E-state index contributed by atoms with van der Waals surface area (Å²) >= 11 is 5.03. The number of anilines is 1. The van der Waals surface area contributed by atoms with Crippen LogP contribution < -0.4 is 10.9 Å². The van der Waals surface area contributed by atoms with E-state index in [4.69, 9.17) is 16.9 Å². The number of amidine groups is 1. The summed E-state index contributed by atoms with van der Waals surface area (Å²) in [4.78, 5) is 4.65. The second kappa shape index (κ2) is 9.44. The average Bonchev–Trinajstić information content (AvgIpc) is 3.36. The predicted octanol–water partition coefficient (Wildman–Crippen LogP) is 3.52. The fraction of sp³-hybridized carbons (Fsp3) is 0.286. The Labute approximate surface area is 214 Å². The number of nitrogens with one attached hydrogen (secondary N) is 2. The SMILES string of the molecule is CC(C)(C)C1=NN2NC(c3ccc(N=S(C)(=O)O)cc3)=NC2C1=NNc1ccc(S(=O)(=O)OCl)cc1. The fourth-order valence-corrected chi connectivity index (χ4v) is 4.70. The molecule has 2 heterocycles. The Morgan fingerprint density at radius 3 is 2.31 bits per heavy atom. The summed E-state index contributed by atoms with van der Waals surface area (Å²) in [5, 5.41) is 10.8. The lowest BCUT2D eigenvalue weighted by atomic mass is 9.87. The van der Waals surface area contributed by atoms with Gasteiger partial charge in [0.25, 0.3) is 0 Å². The molecule has 15 heteroatoms. The summed E-state index contributed by atoms with van der Waals surface area (Å²) in [6, 6.07) is 12.5. The third-order valence-electron chi connectivity index (χ3n) is 5.06. The van der Waals surface area contributed by atoms with Crippen LogP contribution in [-0.4, -0.2) is 52.0 Å². The molecule has 192 valence electrons. The van der Waals surface area contributed by atoms with Crippen LogP contribution in [0.1, 0.15) is 26.3 Å². The number of hydrogen-bond acceptors (Lipinski definition) is 11. The number of hydrogen-bond donors (Lipinski definition) is 3. The first kappa shape index (κ1) is 26.0. The van der Waals surface area contributed by atoms with Gasteiger partial charge in [0.05, 0.1) is 33.8 Å². The van der Waals surface area contributed by atoms with E-state index in [0.29, 0.717) is 22.9 Å². The summed E-state index contributed by atoms with van der Waals surface area (Å²) < 4.78 is 52.1. The molecular weight excluding hydrogens is 530 g/mol. The Balaban J connectivity index is 1.60. The Morgan fingerprint density at radius 1 is 1.11 bits per heavy atom. The third kappa shape index (κ3) is 5.68. The molecule has 0 fully saturated rings. The Kier molecular flexibility index (Phi) is 6.83. The molecule has 3 N–H and O–H groups in total. The summed E-state index contributed by atoms with van der Waals surface area (Å²) in [5.41, 5.74) is 8.71. The molecule has 2 aromatic rings. The van der Waals surface area contributed by atoms with Gasteiger partial charge in [-0.3, -0.25) is 10.9 Å². The maximum atomic E-state index is 11.7. The molecule has 0 radical (unpaired) electrons. The summed E-state index contributed by atoms with van der Waals surface area (Å²) in [6.45, 7) is 6.03. The van der Waals surface area contributed by atoms with Gasteiger partial charge in [-0.1, -0.05) is 20.8 Å². The highest BCUT2D eigenvalue weighted by atomic mass is 35.5. The van der Waals surface area contributed by atoms with Gasteiger partial charge in [-0.25, -0.2) is 9.20 Å². The number of hydrazine groups is 1. The molecule has 2 atom stereocenters. The molecule has 0 saturated heterocycles. The van der Waals surface area contributed by atoms with Crippen molar-refractivity contribution in [1.29, 1.82) is 0 Å². The van der Waals surface area contributed by atoms with Crippen LogP contribution in [0.15, 0.2) is 73.0 Å². The van der Waals surface area contributed by atoms with E-state index in [0.717, 1.165) is 17.5 Å². The summed E-state index contributed by atoms with van der Waals surface area (Å²) in [6.07, 6.45) is 0.601. The highest BCUT2D eigenvalue weighted by molar-refractivity contribution is 7.87. The summed E-state index contributed by atoms with van der Waals surface area (Å²) in [5.74, 6) is 0.549. The zero-order valence-electron chi connectivity index (χ0n) is 19.7. The average molecular weight is 554 g/mol. The zero-order valence-corrected chi connectivity index (χ0v) is 22.1. The molecule has 2 aliphatic heterocycles. The van der Waals surface area contributed by atoms with Crippen molar-refractivity contribution in [2.45, 2.75) is 31.8 Å². The van der Waals surface area contributed by atoms with E-state index < -0.39 is 26.3 Å². The minimum atomic E-state index is -4.01. The van der Waals surface area contributed by atoms with Crippen LogP contribution in [0, 0.1) is 5.41 Å². The normalized spacial score (nSPS) is 20.3. The number of benzene rings is 2. The van der Waals surface area contributed by atoms with Crippen molar-refractivity contribution in [2.75, 3.05) is 11.7 Å². The van der Waals surface area contributed by atoms with Crippen molar-refractivity contribution in [2.24, 2.45) is 25.0 Å². The van der Waals surface area contributed by atoms with Gasteiger partial charge in [-0.05, 0) is 48.5 Å². The van der Waals surface area contributed by atoms with Crippen LogP contribution in [0.3, 0.4) is 0 Å². The molecule has 0 spiro atoms. The molecule has 36 heavy (non-hydrogen) atoms. The second-order valence-corrected chi connectivity index (χ2v) is 12.6. The van der Waals surface area contributed by atoms with Gasteiger partial charge < -0.3 is 4.55 Å². The molecule has 0 aliphatic carbocycles. The Morgan fingerprint density at radius 2 is 1.75 bits per heavy atom. The van der Waals surface area contributed by atoms with E-state index >= 15 is 0 Å². The maximum Gasteiger partial charge on any atom is 0.312 e. The van der Waals surface area contributed by atoms with Gasteiger partial charge in [0, 0.05) is 17.2 Å². The zero-order chi connectivity index (χ0) is 26.3. The van der Waals surface area contributed by atoms with Crippen LogP contribution in [0.25, 0.3) is 0 Å². The van der Waals surface area contributed by atoms with Crippen LogP contribution in [0.2, 0.25) is 0 Å². The largest absolute Gasteiger partial charge is 0.312 e. The Hall–Kier alpha value is -3.04. The first-order chi connectivity index (χ1) is 16.8. The topological polar surface area (TPSA) is 157 Å². The van der Waals surface area contributed by atoms with E-state index in [-0.39, 0.29) is 10.3 Å². The molecule has 0 aromatic heterocycles. The predicted molar refractivity (Wildman–Crippen MR) is 139 cm³/mol. The van der Waals surface area contributed by atoms with Crippen molar-refractivity contribution in [3.05, 3.63) is 54.1 Å². The first-order valence-corrected chi connectivity index (χ1v) is 14.1. The molecule has 2 unspecified atom stereocenters. The molecule has 2 aromatic carbocycles. The van der Waals surface area contributed by atoms with E-state index in [9.17, 15) is 17.2 Å². The highest BCUT2D eigenvalue weighted by Gasteiger charge is 2.43. The monoisotopic (exact) mass is 553 g/mol. The quantitative estimate of drug-likeness (QED) is 0.458. The van der Waals surface area contributed by atoms with Gasteiger partial charge in [0.15, 0.2) is 15.8 Å². The van der Waals surface area contributed by atoms with Crippen molar-refractivity contribution in [3.63, 3.8) is 0 Å². The van der Waals surface area contributed by atoms with Gasteiger partial charge in [-0.15, -0.1) is 0 Å². The molecule has 0 saturated carbocycles. The van der Waals surface area contributed by atoms with Crippen LogP contribution in [0.4, 0.5) is 11.4 Å². The standard InChI is InChI=1S/C21H24ClN7O5S2/c1-21(2,3)18-17(25-24-14-9-11-16(12-10-14)36(32,33)34-22)20-23-19(27-29(20)26-18)13-5-7-15(8-6-13)28-35(4,30)31/h5-12,20,24H,1-4H3,(H,23,27)(H,28,30,31). The Bertz CT molecular complexity index is 1480. The van der Waals surface area contributed by atoms with Crippen LogP contribution in [-0.2, 0) is 23.9 Å². The molecule has 2 aliphatic rings. The van der Waals surface area contributed by atoms with Gasteiger partial charge in [0.2, 0.25) is 6.17 Å². The number of fused-ring (bicyclic) bond motifs is 1. The molecular formula is C21H24ClN7O5S2. The lowest BCUT2D eigenvalue weighted by molar-refractivity contribution is 0.255. The molecule has 0 amide bonds. The van der Waals surface area contributed by atoms with Gasteiger partial charge in [-0.2, -0.15) is 31.8 Å². The maximum absolute atomic E-state index is 11.7. The van der Waals surface area contributed by atoms with E-state index in [1.807, 2.05) is 20.8 Å². The first-order valence-electron chi connectivity index (χ1n) is 10.5. The van der Waals surface area contributed by atoms with Gasteiger partial charge in [0.1, 0.15) is 5.71 Å². The van der Waals surface area contributed by atoms with Crippen molar-refractivity contribution in [3.8, 4) is 0 Å². The summed E-state index contributed by atoms with van der Waals surface area (Å²) in [7, 11) is -7.26. The lowest BCUT2D eigenvalue weighted by Crippen LogP contribution is -2.37. The highest BCUT2D eigenvalue weighted by Crippen LogP contribution is 2.29. The minimum absolute atomic E-state index is 0.0898. The lowest BCUT2D eigenvalue weighted by Gasteiger charge is -2.18. The fourth-order valence-electron chi connectivity index (χ4n) is 3.43. The van der Waals surface area contributed by atoms with Crippen molar-refractivity contribution >= 4 is 60.6 Å². The minimum Gasteiger partial charge on any atom is -0.300 e. The second-order valence-electron chi connectivity index (χ2n) is 9.06. The molecule has 4 rings (SSSR count). The van der Waals surface area contributed by atoms with Crippen LogP contribution >= 0.6 is 11.9 Å². The smallest absolute Gasteiger partial charge is 0.300 e. The van der Waals surface area contributed by atoms with Crippen molar-refractivity contribution < 1.29 is 20.9 Å². The van der Waals surface area contributed by atoms with Crippen LogP contribution in [0.5, 0.6) is 0 Å². The third-order valence-corrected chi connectivity index (χ3v) is 7.12. The molecule has 12 nitrogen and oxygen atoms in total. The number of halogens is 1.